The van der Waals surface area contributed by atoms with E-state index in [1.807, 2.05) is 12.1 Å². The van der Waals surface area contributed by atoms with E-state index in [4.69, 9.17) is 27.9 Å². The second kappa shape index (κ2) is 5.90. The van der Waals surface area contributed by atoms with Crippen LogP contribution in [0.25, 0.3) is 0 Å². The molecule has 0 atom stereocenters. The van der Waals surface area contributed by atoms with E-state index in [1.54, 1.807) is 6.07 Å². The van der Waals surface area contributed by atoms with Gasteiger partial charge in [0.2, 0.25) is 0 Å². The van der Waals surface area contributed by atoms with E-state index >= 15 is 0 Å². The normalized spacial score (nSPS) is 10.2. The van der Waals surface area contributed by atoms with E-state index in [2.05, 4.69) is 37.9 Å². The monoisotopic (exact) mass is 395 g/mol. The Balaban J connectivity index is 2.40. The molecule has 1 aromatic heterocycles. The molecule has 0 spiro atoms. The van der Waals surface area contributed by atoms with Crippen LogP contribution >= 0.6 is 45.8 Å². The highest BCUT2D eigenvalue weighted by Gasteiger charge is 2.11. The summed E-state index contributed by atoms with van der Waals surface area (Å²) >= 11 is 14.2. The first-order valence-corrected chi connectivity index (χ1v) is 6.72. The zero-order chi connectivity index (χ0) is 13.1. The Morgan fingerprint density at radius 1 is 1.28 bits per heavy atom. The first kappa shape index (κ1) is 13.6. The van der Waals surface area contributed by atoms with Gasteiger partial charge in [-0.3, -0.25) is 0 Å². The van der Waals surface area contributed by atoms with E-state index in [-0.39, 0.29) is 5.15 Å². The lowest BCUT2D eigenvalue weighted by Crippen LogP contribution is -2.00. The zero-order valence-corrected chi connectivity index (χ0v) is 12.9. The molecular formula is C11H8Cl2IN3O. The minimum Gasteiger partial charge on any atom is -0.490 e. The van der Waals surface area contributed by atoms with E-state index < -0.39 is 0 Å². The Kier molecular flexibility index (Phi) is 4.47. The van der Waals surface area contributed by atoms with Crippen molar-refractivity contribution in [2.75, 3.05) is 12.4 Å². The van der Waals surface area contributed by atoms with Crippen molar-refractivity contribution in [2.45, 2.75) is 0 Å². The summed E-state index contributed by atoms with van der Waals surface area (Å²) in [5, 5.41) is 3.91. The van der Waals surface area contributed by atoms with Crippen LogP contribution in [0.1, 0.15) is 0 Å². The number of aromatic nitrogens is 2. The van der Waals surface area contributed by atoms with Gasteiger partial charge < -0.3 is 10.1 Å². The molecule has 0 aliphatic rings. The molecule has 0 fully saturated rings. The van der Waals surface area contributed by atoms with Crippen molar-refractivity contribution >= 4 is 57.3 Å². The first-order chi connectivity index (χ1) is 8.61. The van der Waals surface area contributed by atoms with E-state index in [0.717, 1.165) is 9.26 Å². The molecule has 4 nitrogen and oxygen atoms in total. The van der Waals surface area contributed by atoms with Crippen molar-refractivity contribution in [3.63, 3.8) is 0 Å². The van der Waals surface area contributed by atoms with Gasteiger partial charge in [0.1, 0.15) is 6.33 Å². The Morgan fingerprint density at radius 3 is 2.78 bits per heavy atom. The number of halogens is 3. The van der Waals surface area contributed by atoms with Gasteiger partial charge in [-0.15, -0.1) is 0 Å². The molecule has 1 N–H and O–H groups in total. The molecule has 0 unspecified atom stereocenters. The van der Waals surface area contributed by atoms with Gasteiger partial charge in [-0.25, -0.2) is 9.97 Å². The van der Waals surface area contributed by atoms with Gasteiger partial charge in [-0.05, 0) is 40.8 Å². The summed E-state index contributed by atoms with van der Waals surface area (Å²) in [6, 6.07) is 5.62. The van der Waals surface area contributed by atoms with Crippen molar-refractivity contribution < 1.29 is 4.74 Å². The van der Waals surface area contributed by atoms with Crippen molar-refractivity contribution in [1.29, 1.82) is 0 Å². The molecule has 7 heteroatoms. The molecule has 1 heterocycles. The molecule has 0 aliphatic carbocycles. The number of ether oxygens (including phenoxy) is 1. The van der Waals surface area contributed by atoms with Gasteiger partial charge in [0.05, 0.1) is 17.8 Å². The lowest BCUT2D eigenvalue weighted by molar-refractivity contribution is 0.413. The number of anilines is 2. The average Bonchev–Trinajstić information content (AvgIpc) is 2.34. The summed E-state index contributed by atoms with van der Waals surface area (Å²) in [4.78, 5) is 7.93. The first-order valence-electron chi connectivity index (χ1n) is 4.88. The van der Waals surface area contributed by atoms with Gasteiger partial charge in [0.15, 0.2) is 16.7 Å². The highest BCUT2D eigenvalue weighted by atomic mass is 127. The number of benzene rings is 1. The largest absolute Gasteiger partial charge is 0.490 e. The highest BCUT2D eigenvalue weighted by molar-refractivity contribution is 14.1. The molecule has 0 bridgehead atoms. The topological polar surface area (TPSA) is 47.0 Å². The highest BCUT2D eigenvalue weighted by Crippen LogP contribution is 2.33. The van der Waals surface area contributed by atoms with Gasteiger partial charge in [-0.2, -0.15) is 0 Å². The molecule has 0 saturated carbocycles. The average molecular weight is 396 g/mol. The summed E-state index contributed by atoms with van der Waals surface area (Å²) in [7, 11) is 1.51. The van der Waals surface area contributed by atoms with Gasteiger partial charge in [0.25, 0.3) is 0 Å². The van der Waals surface area contributed by atoms with Crippen molar-refractivity contribution in [3.8, 4) is 5.75 Å². The minimum atomic E-state index is 0.247. The quantitative estimate of drug-likeness (QED) is 0.626. The predicted octanol–water partition coefficient (Wildman–Crippen LogP) is 4.14. The van der Waals surface area contributed by atoms with Crippen molar-refractivity contribution in [1.82, 2.24) is 9.97 Å². The fourth-order valence-electron chi connectivity index (χ4n) is 1.34. The number of nitrogens with one attached hydrogen (secondary N) is 1. The molecule has 94 valence electrons. The smallest absolute Gasteiger partial charge is 0.199 e. The second-order valence-corrected chi connectivity index (χ2v) is 5.31. The third-order valence-electron chi connectivity index (χ3n) is 2.15. The number of rotatable bonds is 3. The maximum absolute atomic E-state index is 6.10. The number of hydrogen-bond donors (Lipinski definition) is 1. The number of nitrogens with zero attached hydrogens (tertiary/aromatic N) is 2. The third-order valence-corrected chi connectivity index (χ3v) is 3.42. The van der Waals surface area contributed by atoms with Crippen molar-refractivity contribution in [2.24, 2.45) is 0 Å². The van der Waals surface area contributed by atoms with E-state index in [9.17, 15) is 0 Å². The fraction of sp³-hybridized carbons (Fsp3) is 0.0909. The summed E-state index contributed by atoms with van der Waals surface area (Å²) in [6.07, 6.45) is 1.36. The summed E-state index contributed by atoms with van der Waals surface area (Å²) < 4.78 is 6.21. The minimum absolute atomic E-state index is 0.247. The molecule has 0 radical (unpaired) electrons. The molecule has 0 amide bonds. The van der Waals surface area contributed by atoms with Crippen LogP contribution in [-0.2, 0) is 0 Å². The number of methoxy groups -OCH3 is 1. The van der Waals surface area contributed by atoms with Gasteiger partial charge in [0, 0.05) is 3.57 Å². The Labute approximate surface area is 128 Å². The van der Waals surface area contributed by atoms with Crippen molar-refractivity contribution in [3.05, 3.63) is 38.3 Å². The summed E-state index contributed by atoms with van der Waals surface area (Å²) in [5.74, 6) is 0.857. The molecule has 0 saturated heterocycles. The second-order valence-electron chi connectivity index (χ2n) is 3.30. The Bertz CT molecular complexity index is 580. The molecule has 2 aromatic rings. The SMILES string of the molecule is COc1c(Cl)ncnc1Nc1cc(I)ccc1Cl. The Hall–Kier alpha value is -0.790. The van der Waals surface area contributed by atoms with Crippen LogP contribution in [0.2, 0.25) is 10.2 Å². The van der Waals surface area contributed by atoms with Crippen LogP contribution in [0.5, 0.6) is 5.75 Å². The van der Waals surface area contributed by atoms with Crippen LogP contribution < -0.4 is 10.1 Å². The van der Waals surface area contributed by atoms with E-state index in [0.29, 0.717) is 16.6 Å². The van der Waals surface area contributed by atoms with E-state index in [1.165, 1.54) is 13.4 Å². The van der Waals surface area contributed by atoms with Gasteiger partial charge >= 0.3 is 0 Å². The third kappa shape index (κ3) is 2.96. The molecule has 1 aromatic carbocycles. The number of hydrogen-bond acceptors (Lipinski definition) is 4. The molecule has 2 rings (SSSR count). The summed E-state index contributed by atoms with van der Waals surface area (Å²) in [5.41, 5.74) is 0.733. The van der Waals surface area contributed by atoms with Crippen LogP contribution in [0.15, 0.2) is 24.5 Å². The van der Waals surface area contributed by atoms with Crippen LogP contribution in [-0.4, -0.2) is 17.1 Å². The molecule has 18 heavy (non-hydrogen) atoms. The summed E-state index contributed by atoms with van der Waals surface area (Å²) in [6.45, 7) is 0. The Morgan fingerprint density at radius 2 is 2.06 bits per heavy atom. The van der Waals surface area contributed by atoms with Crippen LogP contribution in [0.4, 0.5) is 11.5 Å². The lowest BCUT2D eigenvalue weighted by Gasteiger charge is -2.11. The molecule has 0 aliphatic heterocycles. The molecular weight excluding hydrogens is 388 g/mol. The maximum atomic E-state index is 6.10. The van der Waals surface area contributed by atoms with Crippen LogP contribution in [0.3, 0.4) is 0 Å². The zero-order valence-electron chi connectivity index (χ0n) is 9.25. The lowest BCUT2D eigenvalue weighted by atomic mass is 10.3. The van der Waals surface area contributed by atoms with Gasteiger partial charge in [-0.1, -0.05) is 23.2 Å². The maximum Gasteiger partial charge on any atom is 0.199 e. The fourth-order valence-corrected chi connectivity index (χ4v) is 2.21. The van der Waals surface area contributed by atoms with Crippen LogP contribution in [0, 0.1) is 3.57 Å². The predicted molar refractivity (Wildman–Crippen MR) is 81.0 cm³/mol. The standard InChI is InChI=1S/C11H8Cl2IN3O/c1-18-9-10(13)15-5-16-11(9)17-8-4-6(14)2-3-7(8)12/h2-5H,1H3,(H,15,16,17).